The van der Waals surface area contributed by atoms with Crippen LogP contribution in [0.5, 0.6) is 0 Å². The van der Waals surface area contributed by atoms with Crippen molar-refractivity contribution in [1.29, 1.82) is 0 Å². The maximum atomic E-state index is 2.28. The number of rotatable bonds is 16. The molecule has 0 fully saturated rings. The van der Waals surface area contributed by atoms with Gasteiger partial charge in [0.2, 0.25) is 0 Å². The van der Waals surface area contributed by atoms with E-state index in [-0.39, 0.29) is 7.43 Å². The minimum absolute atomic E-state index is 0. The lowest BCUT2D eigenvalue weighted by atomic mass is 9.98. The molecule has 0 N–H and O–H groups in total. The van der Waals surface area contributed by atoms with Gasteiger partial charge >= 0.3 is 0 Å². The van der Waals surface area contributed by atoms with E-state index in [4.69, 9.17) is 0 Å². The van der Waals surface area contributed by atoms with E-state index in [1.54, 1.807) is 0 Å². The van der Waals surface area contributed by atoms with Gasteiger partial charge in [-0.25, -0.2) is 0 Å². The fourth-order valence-electron chi connectivity index (χ4n) is 4.42. The second-order valence-electron chi connectivity index (χ2n) is 9.88. The summed E-state index contributed by atoms with van der Waals surface area (Å²) < 4.78 is 0. The average molecular weight is 473 g/mol. The van der Waals surface area contributed by atoms with E-state index in [1.165, 1.54) is 103 Å². The van der Waals surface area contributed by atoms with Gasteiger partial charge in [-0.05, 0) is 23.7 Å². The highest BCUT2D eigenvalue weighted by Gasteiger charge is 2.00. The van der Waals surface area contributed by atoms with Gasteiger partial charge in [0, 0.05) is 0 Å². The minimum atomic E-state index is 0. The highest BCUT2D eigenvalue weighted by Crippen LogP contribution is 2.15. The summed E-state index contributed by atoms with van der Waals surface area (Å²) in [5.74, 6) is 4.00. The van der Waals surface area contributed by atoms with Crippen molar-refractivity contribution in [1.82, 2.24) is 0 Å². The SMILES string of the molecule is C.CCCC(CC)CC.CCCC(CC)CC.CCCC(CC)CC.CCCC(CC)CC. The molecule has 0 unspecified atom stereocenters. The van der Waals surface area contributed by atoms with Crippen LogP contribution in [-0.4, -0.2) is 0 Å². The summed E-state index contributed by atoms with van der Waals surface area (Å²) in [5.41, 5.74) is 0. The van der Waals surface area contributed by atoms with Gasteiger partial charge in [0.15, 0.2) is 0 Å². The van der Waals surface area contributed by atoms with Crippen LogP contribution in [0.25, 0.3) is 0 Å². The third-order valence-corrected chi connectivity index (χ3v) is 7.41. The van der Waals surface area contributed by atoms with E-state index >= 15 is 0 Å². The summed E-state index contributed by atoms with van der Waals surface area (Å²) in [5, 5.41) is 0. The van der Waals surface area contributed by atoms with E-state index < -0.39 is 0 Å². The fourth-order valence-corrected chi connectivity index (χ4v) is 4.42. The normalized spacial score (nSPS) is 10.2. The zero-order valence-corrected chi connectivity index (χ0v) is 25.6. The number of hydrogen-bond donors (Lipinski definition) is 0. The van der Waals surface area contributed by atoms with E-state index in [2.05, 4.69) is 83.1 Å². The Hall–Kier alpha value is 0. The zero-order chi connectivity index (χ0) is 25.6. The standard InChI is InChI=1S/4C8H18.CH4/c4*1-4-7-8(5-2)6-3;/h4*8H,4-7H2,1-3H3;1H4. The van der Waals surface area contributed by atoms with Crippen molar-refractivity contribution in [2.75, 3.05) is 0 Å². The van der Waals surface area contributed by atoms with E-state index in [0.29, 0.717) is 0 Å². The van der Waals surface area contributed by atoms with Crippen LogP contribution in [0, 0.1) is 23.7 Å². The van der Waals surface area contributed by atoms with Gasteiger partial charge in [0.25, 0.3) is 0 Å². The quantitative estimate of drug-likeness (QED) is 0.209. The van der Waals surface area contributed by atoms with Crippen molar-refractivity contribution >= 4 is 0 Å². The summed E-state index contributed by atoms with van der Waals surface area (Å²) in [6.07, 6.45) is 22.0. The van der Waals surface area contributed by atoms with Crippen LogP contribution in [0.4, 0.5) is 0 Å². The summed E-state index contributed by atoms with van der Waals surface area (Å²) in [6, 6.07) is 0. The largest absolute Gasteiger partial charge is 0.0776 e. The number of hydrogen-bond acceptors (Lipinski definition) is 0. The van der Waals surface area contributed by atoms with Gasteiger partial charge in [0.05, 0.1) is 0 Å². The average Bonchev–Trinajstić information content (AvgIpc) is 2.84. The molecule has 0 nitrogen and oxygen atoms in total. The molecular formula is C33H76. The fraction of sp³-hybridized carbons (Fsp3) is 1.00. The zero-order valence-electron chi connectivity index (χ0n) is 25.6. The molecule has 0 heteroatoms. The summed E-state index contributed by atoms with van der Waals surface area (Å²) in [6.45, 7) is 27.3. The Balaban J connectivity index is -0.000000105. The first kappa shape index (κ1) is 43.1. The summed E-state index contributed by atoms with van der Waals surface area (Å²) >= 11 is 0. The molecule has 0 aromatic heterocycles. The first-order chi connectivity index (χ1) is 15.4. The molecule has 0 radical (unpaired) electrons. The van der Waals surface area contributed by atoms with Crippen LogP contribution in [0.3, 0.4) is 0 Å². The molecular weight excluding hydrogens is 396 g/mol. The van der Waals surface area contributed by atoms with Crippen LogP contribution in [-0.2, 0) is 0 Å². The molecule has 0 aromatic carbocycles. The molecule has 0 saturated carbocycles. The second kappa shape index (κ2) is 39.2. The Morgan fingerprint density at radius 3 is 0.424 bits per heavy atom. The van der Waals surface area contributed by atoms with Crippen LogP contribution in [0.1, 0.15) is 193 Å². The van der Waals surface area contributed by atoms with Gasteiger partial charge in [-0.2, -0.15) is 0 Å². The van der Waals surface area contributed by atoms with E-state index in [0.717, 1.165) is 23.7 Å². The molecule has 0 saturated heterocycles. The van der Waals surface area contributed by atoms with Crippen molar-refractivity contribution in [3.63, 3.8) is 0 Å². The van der Waals surface area contributed by atoms with Crippen molar-refractivity contribution in [2.24, 2.45) is 23.7 Å². The molecule has 0 bridgehead atoms. The topological polar surface area (TPSA) is 0 Å². The third-order valence-electron chi connectivity index (χ3n) is 7.41. The maximum absolute atomic E-state index is 2.28. The summed E-state index contributed by atoms with van der Waals surface area (Å²) in [7, 11) is 0. The molecule has 33 heavy (non-hydrogen) atoms. The Bertz CT molecular complexity index is 197. The molecule has 0 aromatic rings. The van der Waals surface area contributed by atoms with E-state index in [1.807, 2.05) is 0 Å². The van der Waals surface area contributed by atoms with Crippen LogP contribution in [0.15, 0.2) is 0 Å². The molecule has 0 atom stereocenters. The Kier molecular flexibility index (Phi) is 51.2. The van der Waals surface area contributed by atoms with Crippen LogP contribution < -0.4 is 0 Å². The minimum Gasteiger partial charge on any atom is -0.0776 e. The van der Waals surface area contributed by atoms with Crippen molar-refractivity contribution < 1.29 is 0 Å². The molecule has 0 aliphatic carbocycles. The predicted molar refractivity (Wildman–Crippen MR) is 163 cm³/mol. The Morgan fingerprint density at radius 1 is 0.273 bits per heavy atom. The van der Waals surface area contributed by atoms with Gasteiger partial charge < -0.3 is 0 Å². The first-order valence-corrected chi connectivity index (χ1v) is 15.4. The predicted octanol–water partition coefficient (Wildman–Crippen LogP) is 13.5. The van der Waals surface area contributed by atoms with Crippen LogP contribution in [0.2, 0.25) is 0 Å². The lowest BCUT2D eigenvalue weighted by Gasteiger charge is -2.08. The van der Waals surface area contributed by atoms with Crippen molar-refractivity contribution in [3.05, 3.63) is 0 Å². The summed E-state index contributed by atoms with van der Waals surface area (Å²) in [4.78, 5) is 0. The lowest BCUT2D eigenvalue weighted by molar-refractivity contribution is 0.451. The van der Waals surface area contributed by atoms with E-state index in [9.17, 15) is 0 Å². The van der Waals surface area contributed by atoms with Gasteiger partial charge in [-0.3, -0.25) is 0 Å². The molecule has 0 amide bonds. The highest BCUT2D eigenvalue weighted by atomic mass is 14.1. The molecule has 0 aliphatic heterocycles. The molecule has 0 spiro atoms. The first-order valence-electron chi connectivity index (χ1n) is 15.4. The maximum Gasteiger partial charge on any atom is -0.0420 e. The molecule has 208 valence electrons. The van der Waals surface area contributed by atoms with Crippen molar-refractivity contribution in [2.45, 2.75) is 193 Å². The second-order valence-corrected chi connectivity index (χ2v) is 9.88. The van der Waals surface area contributed by atoms with Crippen LogP contribution >= 0.6 is 0 Å². The monoisotopic (exact) mass is 473 g/mol. The smallest absolute Gasteiger partial charge is 0.0420 e. The highest BCUT2D eigenvalue weighted by molar-refractivity contribution is 4.53. The Labute approximate surface area is 216 Å². The van der Waals surface area contributed by atoms with Gasteiger partial charge in [0.1, 0.15) is 0 Å². The molecule has 0 rings (SSSR count). The van der Waals surface area contributed by atoms with Crippen molar-refractivity contribution in [3.8, 4) is 0 Å². The Morgan fingerprint density at radius 2 is 0.394 bits per heavy atom. The van der Waals surface area contributed by atoms with Gasteiger partial charge in [-0.15, -0.1) is 0 Å². The molecule has 0 heterocycles. The van der Waals surface area contributed by atoms with Gasteiger partial charge in [-0.1, -0.05) is 193 Å². The third kappa shape index (κ3) is 36.7. The lowest BCUT2D eigenvalue weighted by Crippen LogP contribution is -1.94. The molecule has 0 aliphatic rings.